The molecule has 9 nitrogen and oxygen atoms in total. The van der Waals surface area contributed by atoms with Crippen LogP contribution in [-0.4, -0.2) is 46.2 Å². The number of aromatic nitrogens is 8. The molecular weight excluding hydrogens is 380 g/mol. The van der Waals surface area contributed by atoms with Gasteiger partial charge in [0, 0.05) is 42.4 Å². The summed E-state index contributed by atoms with van der Waals surface area (Å²) in [5, 5.41) is 18.7. The van der Waals surface area contributed by atoms with E-state index in [0.29, 0.717) is 18.7 Å². The maximum atomic E-state index is 12.0. The number of carbonyl (C=O) groups excluding carboxylic acids is 1. The third-order valence-electron chi connectivity index (χ3n) is 4.74. The van der Waals surface area contributed by atoms with Crippen molar-refractivity contribution in [2.45, 2.75) is 39.7 Å². The van der Waals surface area contributed by atoms with Crippen LogP contribution in [0.3, 0.4) is 0 Å². The van der Waals surface area contributed by atoms with Gasteiger partial charge in [-0.15, -0.1) is 15.3 Å². The minimum Gasteiger partial charge on any atom is -0.291 e. The number of H-pyrrole nitrogens is 1. The fourth-order valence-corrected chi connectivity index (χ4v) is 3.23. The van der Waals surface area contributed by atoms with Gasteiger partial charge in [0.1, 0.15) is 5.82 Å². The Balaban J connectivity index is 1.60. The molecule has 4 rings (SSSR count). The van der Waals surface area contributed by atoms with Gasteiger partial charge in [0.05, 0.1) is 0 Å². The summed E-state index contributed by atoms with van der Waals surface area (Å²) in [7, 11) is 0. The molecule has 9 heteroatoms. The van der Waals surface area contributed by atoms with Gasteiger partial charge >= 0.3 is 0 Å². The Morgan fingerprint density at radius 3 is 2.60 bits per heavy atom. The Kier molecular flexibility index (Phi) is 5.69. The molecule has 3 heterocycles. The summed E-state index contributed by atoms with van der Waals surface area (Å²) in [6, 6.07) is 11.8. The van der Waals surface area contributed by atoms with Gasteiger partial charge in [-0.3, -0.25) is 9.78 Å². The second-order valence-electron chi connectivity index (χ2n) is 6.85. The average molecular weight is 402 g/mol. The molecule has 0 spiro atoms. The van der Waals surface area contributed by atoms with Crippen molar-refractivity contribution in [1.82, 2.24) is 40.4 Å². The topological polar surface area (TPSA) is 115 Å². The van der Waals surface area contributed by atoms with Crippen LogP contribution < -0.4 is 0 Å². The second-order valence-corrected chi connectivity index (χ2v) is 6.85. The van der Waals surface area contributed by atoms with Crippen LogP contribution in [0.1, 0.15) is 48.8 Å². The molecule has 0 fully saturated rings. The summed E-state index contributed by atoms with van der Waals surface area (Å²) < 4.78 is 1.81. The first kappa shape index (κ1) is 19.6. The van der Waals surface area contributed by atoms with Crippen molar-refractivity contribution in [2.75, 3.05) is 0 Å². The Bertz CT molecular complexity index is 1130. The monoisotopic (exact) mass is 402 g/mol. The van der Waals surface area contributed by atoms with E-state index in [1.807, 2.05) is 54.2 Å². The Labute approximate surface area is 173 Å². The normalized spacial score (nSPS) is 11.0. The van der Waals surface area contributed by atoms with Crippen LogP contribution in [0.5, 0.6) is 0 Å². The molecule has 0 saturated carbocycles. The fraction of sp³-hybridized carbons (Fsp3) is 0.286. The summed E-state index contributed by atoms with van der Waals surface area (Å²) >= 11 is 0. The number of pyridine rings is 1. The number of benzene rings is 1. The number of ketones is 1. The van der Waals surface area contributed by atoms with E-state index >= 15 is 0 Å². The number of rotatable bonds is 8. The molecule has 0 unspecified atom stereocenters. The molecule has 0 aliphatic heterocycles. The zero-order valence-corrected chi connectivity index (χ0v) is 16.9. The van der Waals surface area contributed by atoms with E-state index in [9.17, 15) is 4.79 Å². The smallest absolute Gasteiger partial charge is 0.217 e. The largest absolute Gasteiger partial charge is 0.291 e. The number of hydrogen-bond donors (Lipinski definition) is 1. The molecule has 0 radical (unpaired) electrons. The van der Waals surface area contributed by atoms with Crippen molar-refractivity contribution >= 4 is 5.78 Å². The minimum absolute atomic E-state index is 0.0486. The molecule has 0 saturated heterocycles. The lowest BCUT2D eigenvalue weighted by Gasteiger charge is -2.08. The molecule has 152 valence electrons. The predicted octanol–water partition coefficient (Wildman–Crippen LogP) is 3.11. The highest BCUT2D eigenvalue weighted by molar-refractivity contribution is 5.92. The minimum atomic E-state index is -0.0486. The molecule has 0 aliphatic rings. The van der Waals surface area contributed by atoms with Crippen molar-refractivity contribution in [2.24, 2.45) is 0 Å². The van der Waals surface area contributed by atoms with Gasteiger partial charge in [-0.2, -0.15) is 5.21 Å². The number of nitrogens with zero attached hydrogens (tertiary/aromatic N) is 7. The first-order chi connectivity index (χ1) is 14.7. The van der Waals surface area contributed by atoms with Gasteiger partial charge < -0.3 is 0 Å². The van der Waals surface area contributed by atoms with Crippen molar-refractivity contribution < 1.29 is 4.79 Å². The lowest BCUT2D eigenvalue weighted by Crippen LogP contribution is -2.07. The van der Waals surface area contributed by atoms with E-state index in [2.05, 4.69) is 42.6 Å². The first-order valence-corrected chi connectivity index (χ1v) is 9.94. The average Bonchev–Trinajstić information content (AvgIpc) is 3.45. The number of aryl methyl sites for hydroxylation is 1. The van der Waals surface area contributed by atoms with Crippen LogP contribution in [-0.2, 0) is 13.0 Å². The SMILES string of the molecule is CCCn1nc(C(=O)CC)nc1Cc1ccc(-c2ccccc2-c2nn[nH]n2)cn1. The maximum Gasteiger partial charge on any atom is 0.217 e. The van der Waals surface area contributed by atoms with Gasteiger partial charge in [0.2, 0.25) is 17.4 Å². The molecular formula is C21H22N8O. The van der Waals surface area contributed by atoms with Gasteiger partial charge in [0.15, 0.2) is 0 Å². The summed E-state index contributed by atoms with van der Waals surface area (Å²) in [5.74, 6) is 1.52. The van der Waals surface area contributed by atoms with Gasteiger partial charge in [-0.25, -0.2) is 9.67 Å². The van der Waals surface area contributed by atoms with E-state index in [0.717, 1.165) is 41.2 Å². The zero-order valence-electron chi connectivity index (χ0n) is 16.9. The number of hydrogen-bond acceptors (Lipinski definition) is 7. The Hall–Kier alpha value is -3.75. The number of Topliss-reactive ketones (excluding diaryl/α,β-unsaturated/α-hetero) is 1. The van der Waals surface area contributed by atoms with E-state index in [-0.39, 0.29) is 11.6 Å². The summed E-state index contributed by atoms with van der Waals surface area (Å²) in [6.45, 7) is 4.60. The molecule has 3 aromatic heterocycles. The Morgan fingerprint density at radius 1 is 1.10 bits per heavy atom. The van der Waals surface area contributed by atoms with Gasteiger partial charge in [0.25, 0.3) is 0 Å². The third kappa shape index (κ3) is 4.00. The molecule has 1 aromatic carbocycles. The van der Waals surface area contributed by atoms with Crippen molar-refractivity contribution in [3.05, 3.63) is 59.9 Å². The van der Waals surface area contributed by atoms with Crippen molar-refractivity contribution in [3.63, 3.8) is 0 Å². The zero-order chi connectivity index (χ0) is 20.9. The number of nitrogens with one attached hydrogen (secondary N) is 1. The highest BCUT2D eigenvalue weighted by Crippen LogP contribution is 2.29. The molecule has 0 atom stereocenters. The highest BCUT2D eigenvalue weighted by atomic mass is 16.1. The first-order valence-electron chi connectivity index (χ1n) is 9.94. The van der Waals surface area contributed by atoms with E-state index in [4.69, 9.17) is 0 Å². The second kappa shape index (κ2) is 8.73. The molecule has 4 aromatic rings. The molecule has 0 amide bonds. The molecule has 0 bridgehead atoms. The van der Waals surface area contributed by atoms with Crippen LogP contribution >= 0.6 is 0 Å². The van der Waals surface area contributed by atoms with Crippen LogP contribution in [0.15, 0.2) is 42.6 Å². The van der Waals surface area contributed by atoms with Crippen LogP contribution in [0.25, 0.3) is 22.5 Å². The molecule has 0 aliphatic carbocycles. The Morgan fingerprint density at radius 2 is 1.93 bits per heavy atom. The fourth-order valence-electron chi connectivity index (χ4n) is 3.23. The van der Waals surface area contributed by atoms with Crippen LogP contribution in [0.2, 0.25) is 0 Å². The van der Waals surface area contributed by atoms with Crippen molar-refractivity contribution in [3.8, 4) is 22.5 Å². The van der Waals surface area contributed by atoms with Crippen LogP contribution in [0.4, 0.5) is 0 Å². The quantitative estimate of drug-likeness (QED) is 0.450. The van der Waals surface area contributed by atoms with E-state index in [1.54, 1.807) is 0 Å². The number of aromatic amines is 1. The number of tetrazole rings is 1. The standard InChI is InChI=1S/C21H22N8O/c1-3-11-29-19(23-21(26-29)18(30)4-2)12-15-10-9-14(13-22-15)16-7-5-6-8-17(16)20-24-27-28-25-20/h5-10,13H,3-4,11-12H2,1-2H3,(H,24,25,27,28). The highest BCUT2D eigenvalue weighted by Gasteiger charge is 2.16. The molecule has 1 N–H and O–H groups in total. The van der Waals surface area contributed by atoms with Crippen LogP contribution in [0, 0.1) is 0 Å². The summed E-state index contributed by atoms with van der Waals surface area (Å²) in [4.78, 5) is 21.1. The molecule has 30 heavy (non-hydrogen) atoms. The van der Waals surface area contributed by atoms with E-state index < -0.39 is 0 Å². The summed E-state index contributed by atoms with van der Waals surface area (Å²) in [5.41, 5.74) is 3.67. The lowest BCUT2D eigenvalue weighted by molar-refractivity contribution is 0.0978. The number of carbonyl (C=O) groups is 1. The summed E-state index contributed by atoms with van der Waals surface area (Å²) in [6.07, 6.45) is 3.64. The van der Waals surface area contributed by atoms with Gasteiger partial charge in [-0.05, 0) is 23.3 Å². The maximum absolute atomic E-state index is 12.0. The predicted molar refractivity (Wildman–Crippen MR) is 111 cm³/mol. The lowest BCUT2D eigenvalue weighted by atomic mass is 10.0. The van der Waals surface area contributed by atoms with Crippen molar-refractivity contribution in [1.29, 1.82) is 0 Å². The van der Waals surface area contributed by atoms with Gasteiger partial charge in [-0.1, -0.05) is 44.2 Å². The van der Waals surface area contributed by atoms with E-state index in [1.165, 1.54) is 0 Å². The third-order valence-corrected chi connectivity index (χ3v) is 4.74.